The molecule has 120 valence electrons. The van der Waals surface area contributed by atoms with Crippen LogP contribution in [0.25, 0.3) is 0 Å². The minimum absolute atomic E-state index is 0.276. The molecular formula is C11H19N3O6S. The third-order valence-electron chi connectivity index (χ3n) is 2.39. The van der Waals surface area contributed by atoms with Gasteiger partial charge in [0, 0.05) is 0 Å². The van der Waals surface area contributed by atoms with Gasteiger partial charge in [-0.25, -0.2) is 0 Å². The smallest absolute Gasteiger partial charge is 0.322 e. The number of hydrogen-bond acceptors (Lipinski definition) is 6. The van der Waals surface area contributed by atoms with Gasteiger partial charge in [-0.15, -0.1) is 0 Å². The van der Waals surface area contributed by atoms with E-state index in [-0.39, 0.29) is 6.42 Å². The Morgan fingerprint density at radius 1 is 1.14 bits per heavy atom. The lowest BCUT2D eigenvalue weighted by atomic mass is 10.1. The normalized spacial score (nSPS) is 13.0. The van der Waals surface area contributed by atoms with Gasteiger partial charge in [-0.2, -0.15) is 11.8 Å². The lowest BCUT2D eigenvalue weighted by Gasteiger charge is -2.19. The average Bonchev–Trinajstić information content (AvgIpc) is 2.39. The summed E-state index contributed by atoms with van der Waals surface area (Å²) in [7, 11) is 0. The van der Waals surface area contributed by atoms with Gasteiger partial charge in [-0.1, -0.05) is 0 Å². The molecule has 0 aliphatic carbocycles. The predicted molar refractivity (Wildman–Crippen MR) is 75.8 cm³/mol. The fraction of sp³-hybridized carbons (Fsp3) is 0.636. The van der Waals surface area contributed by atoms with E-state index in [4.69, 9.17) is 15.9 Å². The Labute approximate surface area is 125 Å². The van der Waals surface area contributed by atoms with E-state index in [2.05, 4.69) is 10.6 Å². The molecule has 9 nitrogen and oxygen atoms in total. The second kappa shape index (κ2) is 10.00. The maximum Gasteiger partial charge on any atom is 0.322 e. The van der Waals surface area contributed by atoms with Gasteiger partial charge in [0.05, 0.1) is 12.5 Å². The summed E-state index contributed by atoms with van der Waals surface area (Å²) < 4.78 is 0. The van der Waals surface area contributed by atoms with Crippen LogP contribution in [0.3, 0.4) is 0 Å². The molecule has 6 N–H and O–H groups in total. The van der Waals surface area contributed by atoms with Crippen LogP contribution in [0.4, 0.5) is 0 Å². The lowest BCUT2D eigenvalue weighted by molar-refractivity contribution is -0.140. The first kappa shape index (κ1) is 19.2. The highest BCUT2D eigenvalue weighted by Gasteiger charge is 2.24. The molecule has 0 radical (unpaired) electrons. The molecule has 0 aromatic rings. The summed E-state index contributed by atoms with van der Waals surface area (Å²) in [6, 6.07) is -2.23. The van der Waals surface area contributed by atoms with Crippen LogP contribution in [-0.4, -0.2) is 64.6 Å². The van der Waals surface area contributed by atoms with Gasteiger partial charge in [0.15, 0.2) is 0 Å². The number of aliphatic carboxylic acids is 2. The van der Waals surface area contributed by atoms with Gasteiger partial charge in [-0.05, 0) is 18.4 Å². The van der Waals surface area contributed by atoms with E-state index in [1.54, 1.807) is 0 Å². The fourth-order valence-electron chi connectivity index (χ4n) is 1.35. The van der Waals surface area contributed by atoms with Crippen molar-refractivity contribution in [1.82, 2.24) is 10.6 Å². The number of carbonyl (C=O) groups excluding carboxylic acids is 2. The van der Waals surface area contributed by atoms with Gasteiger partial charge in [-0.3, -0.25) is 19.2 Å². The number of carboxylic acids is 2. The molecule has 0 aromatic heterocycles. The van der Waals surface area contributed by atoms with Crippen LogP contribution in [0.2, 0.25) is 0 Å². The van der Waals surface area contributed by atoms with Crippen LogP contribution in [0, 0.1) is 0 Å². The van der Waals surface area contributed by atoms with Crippen molar-refractivity contribution < 1.29 is 29.4 Å². The molecule has 21 heavy (non-hydrogen) atoms. The Hall–Kier alpha value is -1.81. The largest absolute Gasteiger partial charge is 0.481 e. The molecule has 0 rings (SSSR count). The molecule has 0 spiro atoms. The Morgan fingerprint density at radius 3 is 2.24 bits per heavy atom. The van der Waals surface area contributed by atoms with Gasteiger partial charge < -0.3 is 26.6 Å². The van der Waals surface area contributed by atoms with Crippen LogP contribution >= 0.6 is 11.8 Å². The SMILES string of the molecule is CSCCC(NC(=O)C(N)CC(=O)O)C(=O)NCC(=O)O. The highest BCUT2D eigenvalue weighted by Crippen LogP contribution is 2.02. The van der Waals surface area contributed by atoms with Crippen molar-refractivity contribution in [3.63, 3.8) is 0 Å². The first-order valence-corrected chi connectivity index (χ1v) is 7.43. The molecular weight excluding hydrogens is 302 g/mol. The standard InChI is InChI=1S/C11H19N3O6S/c1-21-3-2-7(11(20)13-5-9(17)18)14-10(19)6(12)4-8(15)16/h6-7H,2-5,12H2,1H3,(H,13,20)(H,14,19)(H,15,16)(H,17,18). The Kier molecular flexibility index (Phi) is 9.13. The van der Waals surface area contributed by atoms with E-state index >= 15 is 0 Å². The van der Waals surface area contributed by atoms with Gasteiger partial charge in [0.2, 0.25) is 11.8 Å². The topological polar surface area (TPSA) is 159 Å². The summed E-state index contributed by atoms with van der Waals surface area (Å²) in [5.74, 6) is -3.30. The number of hydrogen-bond donors (Lipinski definition) is 5. The number of carbonyl (C=O) groups is 4. The van der Waals surface area contributed by atoms with Crippen LogP contribution in [0.5, 0.6) is 0 Å². The summed E-state index contributed by atoms with van der Waals surface area (Å²) in [5, 5.41) is 21.5. The molecule has 0 fully saturated rings. The Morgan fingerprint density at radius 2 is 1.76 bits per heavy atom. The van der Waals surface area contributed by atoms with E-state index in [1.165, 1.54) is 11.8 Å². The van der Waals surface area contributed by atoms with Crippen molar-refractivity contribution >= 4 is 35.5 Å². The van der Waals surface area contributed by atoms with E-state index < -0.39 is 48.8 Å². The molecule has 0 aromatic carbocycles. The van der Waals surface area contributed by atoms with E-state index in [1.807, 2.05) is 6.26 Å². The number of nitrogens with two attached hydrogens (primary N) is 1. The third kappa shape index (κ3) is 8.87. The molecule has 0 saturated carbocycles. The number of nitrogens with one attached hydrogen (secondary N) is 2. The molecule has 2 unspecified atom stereocenters. The molecule has 0 heterocycles. The number of amides is 2. The second-order valence-electron chi connectivity index (χ2n) is 4.16. The zero-order valence-electron chi connectivity index (χ0n) is 11.5. The van der Waals surface area contributed by atoms with Crippen molar-refractivity contribution in [2.75, 3.05) is 18.6 Å². The molecule has 2 amide bonds. The van der Waals surface area contributed by atoms with Crippen LogP contribution in [-0.2, 0) is 19.2 Å². The monoisotopic (exact) mass is 321 g/mol. The van der Waals surface area contributed by atoms with Crippen LogP contribution in [0.15, 0.2) is 0 Å². The minimum atomic E-state index is -1.27. The highest BCUT2D eigenvalue weighted by atomic mass is 32.2. The van der Waals surface area contributed by atoms with Crippen LogP contribution in [0.1, 0.15) is 12.8 Å². The first-order chi connectivity index (χ1) is 9.77. The van der Waals surface area contributed by atoms with Gasteiger partial charge in [0.1, 0.15) is 12.6 Å². The van der Waals surface area contributed by atoms with Gasteiger partial charge >= 0.3 is 11.9 Å². The van der Waals surface area contributed by atoms with Gasteiger partial charge in [0.25, 0.3) is 0 Å². The summed E-state index contributed by atoms with van der Waals surface area (Å²) in [4.78, 5) is 44.3. The van der Waals surface area contributed by atoms with Crippen molar-refractivity contribution in [2.45, 2.75) is 24.9 Å². The average molecular weight is 321 g/mol. The minimum Gasteiger partial charge on any atom is -0.481 e. The van der Waals surface area contributed by atoms with Crippen LogP contribution < -0.4 is 16.4 Å². The maximum absolute atomic E-state index is 11.8. The number of carboxylic acid groups (broad SMARTS) is 2. The van der Waals surface area contributed by atoms with E-state index in [9.17, 15) is 19.2 Å². The number of rotatable bonds is 10. The summed E-state index contributed by atoms with van der Waals surface area (Å²) in [6.45, 7) is -0.564. The molecule has 2 atom stereocenters. The van der Waals surface area contributed by atoms with E-state index in [0.717, 1.165) is 0 Å². The summed E-state index contributed by atoms with van der Waals surface area (Å²) in [5.41, 5.74) is 5.39. The zero-order valence-corrected chi connectivity index (χ0v) is 12.3. The first-order valence-electron chi connectivity index (χ1n) is 6.04. The molecule has 0 aliphatic rings. The fourth-order valence-corrected chi connectivity index (χ4v) is 1.82. The highest BCUT2D eigenvalue weighted by molar-refractivity contribution is 7.98. The molecule has 0 saturated heterocycles. The maximum atomic E-state index is 11.8. The quantitative estimate of drug-likeness (QED) is 0.316. The van der Waals surface area contributed by atoms with Crippen molar-refractivity contribution in [3.05, 3.63) is 0 Å². The van der Waals surface area contributed by atoms with Crippen molar-refractivity contribution in [2.24, 2.45) is 5.73 Å². The second-order valence-corrected chi connectivity index (χ2v) is 5.14. The predicted octanol–water partition coefficient (Wildman–Crippen LogP) is -1.77. The molecule has 0 aliphatic heterocycles. The molecule has 10 heteroatoms. The number of thioether (sulfide) groups is 1. The van der Waals surface area contributed by atoms with Crippen molar-refractivity contribution in [3.8, 4) is 0 Å². The van der Waals surface area contributed by atoms with Crippen molar-refractivity contribution in [1.29, 1.82) is 0 Å². The zero-order chi connectivity index (χ0) is 16.4. The Balaban J connectivity index is 4.59. The summed E-state index contributed by atoms with van der Waals surface area (Å²) in [6.07, 6.45) is 1.53. The molecule has 0 bridgehead atoms. The van der Waals surface area contributed by atoms with E-state index in [0.29, 0.717) is 5.75 Å². The Bertz CT molecular complexity index is 403. The third-order valence-corrected chi connectivity index (χ3v) is 3.03. The lowest BCUT2D eigenvalue weighted by Crippen LogP contribution is -2.52. The summed E-state index contributed by atoms with van der Waals surface area (Å²) >= 11 is 1.44.